The molecule has 1 heterocycles. The van der Waals surface area contributed by atoms with Gasteiger partial charge in [0.1, 0.15) is 0 Å². The summed E-state index contributed by atoms with van der Waals surface area (Å²) in [5, 5.41) is 3.51. The molecule has 1 nitrogen and oxygen atoms in total. The quantitative estimate of drug-likeness (QED) is 0.779. The predicted octanol–water partition coefficient (Wildman–Crippen LogP) is 2.93. The van der Waals surface area contributed by atoms with Gasteiger partial charge in [0.15, 0.2) is 0 Å². The number of hydrogen-bond acceptors (Lipinski definition) is 1. The molecule has 1 heteroatoms. The summed E-state index contributed by atoms with van der Waals surface area (Å²) >= 11 is 0. The van der Waals surface area contributed by atoms with Gasteiger partial charge in [-0.2, -0.15) is 0 Å². The molecule has 0 radical (unpaired) electrons. The van der Waals surface area contributed by atoms with Gasteiger partial charge in [-0.3, -0.25) is 0 Å². The first-order chi connectivity index (χ1) is 7.18. The second kappa shape index (κ2) is 4.36. The van der Waals surface area contributed by atoms with Gasteiger partial charge >= 0.3 is 0 Å². The van der Waals surface area contributed by atoms with Crippen LogP contribution in [0.1, 0.15) is 30.9 Å². The van der Waals surface area contributed by atoms with Crippen LogP contribution < -0.4 is 5.32 Å². The van der Waals surface area contributed by atoms with Crippen molar-refractivity contribution in [1.29, 1.82) is 0 Å². The van der Waals surface area contributed by atoms with Crippen LogP contribution in [0.5, 0.6) is 0 Å². The predicted molar refractivity (Wildman–Crippen MR) is 65.1 cm³/mol. The first-order valence-corrected chi connectivity index (χ1v) is 5.94. The number of aryl methyl sites for hydroxylation is 1. The SMILES string of the molecule is Cc1cccc(CC2(C)CCCNC2)c1. The average Bonchev–Trinajstić information content (AvgIpc) is 2.18. The van der Waals surface area contributed by atoms with Crippen molar-refractivity contribution >= 4 is 0 Å². The third kappa shape index (κ3) is 2.82. The molecule has 1 aromatic rings. The molecule has 1 N–H and O–H groups in total. The van der Waals surface area contributed by atoms with E-state index in [1.165, 1.54) is 43.5 Å². The van der Waals surface area contributed by atoms with Crippen molar-refractivity contribution in [1.82, 2.24) is 5.32 Å². The van der Waals surface area contributed by atoms with Crippen molar-refractivity contribution in [3.05, 3.63) is 35.4 Å². The minimum Gasteiger partial charge on any atom is -0.316 e. The summed E-state index contributed by atoms with van der Waals surface area (Å²) in [6, 6.07) is 8.92. The highest BCUT2D eigenvalue weighted by atomic mass is 14.9. The van der Waals surface area contributed by atoms with Gasteiger partial charge in [-0.25, -0.2) is 0 Å². The summed E-state index contributed by atoms with van der Waals surface area (Å²) < 4.78 is 0. The van der Waals surface area contributed by atoms with E-state index in [2.05, 4.69) is 43.4 Å². The number of hydrogen-bond donors (Lipinski definition) is 1. The largest absolute Gasteiger partial charge is 0.316 e. The van der Waals surface area contributed by atoms with Crippen molar-refractivity contribution in [2.75, 3.05) is 13.1 Å². The van der Waals surface area contributed by atoms with Crippen LogP contribution in [-0.2, 0) is 6.42 Å². The minimum absolute atomic E-state index is 0.464. The van der Waals surface area contributed by atoms with Crippen LogP contribution in [0.15, 0.2) is 24.3 Å². The van der Waals surface area contributed by atoms with E-state index in [0.717, 1.165) is 0 Å². The van der Waals surface area contributed by atoms with Crippen molar-refractivity contribution in [2.24, 2.45) is 5.41 Å². The third-order valence-corrected chi connectivity index (χ3v) is 3.40. The summed E-state index contributed by atoms with van der Waals surface area (Å²) in [5.41, 5.74) is 3.33. The minimum atomic E-state index is 0.464. The number of rotatable bonds is 2. The first kappa shape index (κ1) is 10.7. The van der Waals surface area contributed by atoms with Crippen molar-refractivity contribution < 1.29 is 0 Å². The Labute approximate surface area is 92.9 Å². The molecule has 1 atom stereocenters. The summed E-state index contributed by atoms with van der Waals surface area (Å²) in [4.78, 5) is 0. The van der Waals surface area contributed by atoms with Crippen LogP contribution >= 0.6 is 0 Å². The lowest BCUT2D eigenvalue weighted by molar-refractivity contribution is 0.234. The van der Waals surface area contributed by atoms with E-state index in [1.807, 2.05) is 0 Å². The molecule has 1 unspecified atom stereocenters. The Bertz CT molecular complexity index is 324. The zero-order valence-corrected chi connectivity index (χ0v) is 9.84. The van der Waals surface area contributed by atoms with Gasteiger partial charge in [0.05, 0.1) is 0 Å². The summed E-state index contributed by atoms with van der Waals surface area (Å²) in [6.45, 7) is 6.94. The highest BCUT2D eigenvalue weighted by Crippen LogP contribution is 2.29. The van der Waals surface area contributed by atoms with Crippen LogP contribution in [-0.4, -0.2) is 13.1 Å². The van der Waals surface area contributed by atoms with E-state index < -0.39 is 0 Å². The van der Waals surface area contributed by atoms with E-state index in [4.69, 9.17) is 0 Å². The van der Waals surface area contributed by atoms with E-state index >= 15 is 0 Å². The molecule has 1 aliphatic rings. The molecule has 1 aromatic carbocycles. The lowest BCUT2D eigenvalue weighted by Gasteiger charge is -2.34. The van der Waals surface area contributed by atoms with Crippen LogP contribution in [0.25, 0.3) is 0 Å². The molecule has 15 heavy (non-hydrogen) atoms. The third-order valence-electron chi connectivity index (χ3n) is 3.40. The zero-order valence-electron chi connectivity index (χ0n) is 9.84. The standard InChI is InChI=1S/C14H21N/c1-12-5-3-6-13(9-12)10-14(2)7-4-8-15-11-14/h3,5-6,9,15H,4,7-8,10-11H2,1-2H3. The summed E-state index contributed by atoms with van der Waals surface area (Å²) in [7, 11) is 0. The van der Waals surface area contributed by atoms with Gasteiger partial charge in [-0.15, -0.1) is 0 Å². The summed E-state index contributed by atoms with van der Waals surface area (Å²) in [5.74, 6) is 0. The lowest BCUT2D eigenvalue weighted by Crippen LogP contribution is -2.39. The fourth-order valence-electron chi connectivity index (χ4n) is 2.58. The Morgan fingerprint density at radius 1 is 1.40 bits per heavy atom. The van der Waals surface area contributed by atoms with E-state index in [1.54, 1.807) is 0 Å². The van der Waals surface area contributed by atoms with Crippen LogP contribution in [0.2, 0.25) is 0 Å². The van der Waals surface area contributed by atoms with Crippen molar-refractivity contribution in [2.45, 2.75) is 33.1 Å². The number of benzene rings is 1. The van der Waals surface area contributed by atoms with Gasteiger partial charge in [-0.05, 0) is 43.7 Å². The van der Waals surface area contributed by atoms with Gasteiger partial charge in [0.25, 0.3) is 0 Å². The maximum Gasteiger partial charge on any atom is 0.000835 e. The Hall–Kier alpha value is -0.820. The smallest absolute Gasteiger partial charge is 0.000835 e. The second-order valence-electron chi connectivity index (χ2n) is 5.26. The number of nitrogens with one attached hydrogen (secondary N) is 1. The maximum atomic E-state index is 3.51. The normalized spacial score (nSPS) is 26.5. The van der Waals surface area contributed by atoms with E-state index in [0.29, 0.717) is 5.41 Å². The molecular formula is C14H21N. The van der Waals surface area contributed by atoms with Crippen molar-refractivity contribution in [3.63, 3.8) is 0 Å². The number of piperidine rings is 1. The fraction of sp³-hybridized carbons (Fsp3) is 0.571. The fourth-order valence-corrected chi connectivity index (χ4v) is 2.58. The van der Waals surface area contributed by atoms with Crippen LogP contribution in [0, 0.1) is 12.3 Å². The molecule has 82 valence electrons. The zero-order chi connectivity index (χ0) is 10.7. The monoisotopic (exact) mass is 203 g/mol. The Morgan fingerprint density at radius 3 is 2.93 bits per heavy atom. The van der Waals surface area contributed by atoms with Crippen LogP contribution in [0.4, 0.5) is 0 Å². The molecule has 1 fully saturated rings. The Kier molecular flexibility index (Phi) is 3.11. The molecule has 0 amide bonds. The highest BCUT2D eigenvalue weighted by molar-refractivity contribution is 5.23. The van der Waals surface area contributed by atoms with Crippen molar-refractivity contribution in [3.8, 4) is 0 Å². The van der Waals surface area contributed by atoms with E-state index in [-0.39, 0.29) is 0 Å². The van der Waals surface area contributed by atoms with Gasteiger partial charge in [0, 0.05) is 6.54 Å². The molecule has 0 saturated carbocycles. The topological polar surface area (TPSA) is 12.0 Å². The molecule has 0 aliphatic carbocycles. The summed E-state index contributed by atoms with van der Waals surface area (Å²) in [6.07, 6.45) is 3.89. The molecule has 0 spiro atoms. The van der Waals surface area contributed by atoms with Gasteiger partial charge in [-0.1, -0.05) is 36.8 Å². The molecule has 0 bridgehead atoms. The van der Waals surface area contributed by atoms with Gasteiger partial charge in [0.2, 0.25) is 0 Å². The lowest BCUT2D eigenvalue weighted by atomic mass is 9.77. The van der Waals surface area contributed by atoms with E-state index in [9.17, 15) is 0 Å². The first-order valence-electron chi connectivity index (χ1n) is 5.94. The Balaban J connectivity index is 2.06. The Morgan fingerprint density at radius 2 is 2.27 bits per heavy atom. The molecule has 1 saturated heterocycles. The highest BCUT2D eigenvalue weighted by Gasteiger charge is 2.26. The molecular weight excluding hydrogens is 182 g/mol. The van der Waals surface area contributed by atoms with Crippen LogP contribution in [0.3, 0.4) is 0 Å². The second-order valence-corrected chi connectivity index (χ2v) is 5.26. The average molecular weight is 203 g/mol. The molecule has 2 rings (SSSR count). The maximum absolute atomic E-state index is 3.51. The molecule has 1 aliphatic heterocycles. The van der Waals surface area contributed by atoms with Gasteiger partial charge < -0.3 is 5.32 Å². The molecule has 0 aromatic heterocycles.